The molecule has 1 heterocycles. The van der Waals surface area contributed by atoms with E-state index in [4.69, 9.17) is 0 Å². The number of fused-ring (bicyclic) bond motifs is 1. The van der Waals surface area contributed by atoms with Crippen LogP contribution in [0.1, 0.15) is 46.3 Å². The zero-order chi connectivity index (χ0) is 14.2. The predicted octanol–water partition coefficient (Wildman–Crippen LogP) is 1.05. The number of carboxylic acid groups (broad SMARTS) is 1. The average molecular weight is 265 g/mol. The van der Waals surface area contributed by atoms with Gasteiger partial charge in [0.15, 0.2) is 11.5 Å². The third kappa shape index (κ3) is 2.53. The minimum atomic E-state index is -1.05. The van der Waals surface area contributed by atoms with E-state index in [9.17, 15) is 14.7 Å². The second-order valence-corrected chi connectivity index (χ2v) is 5.25. The van der Waals surface area contributed by atoms with Crippen molar-refractivity contribution >= 4 is 11.8 Å². The van der Waals surface area contributed by atoms with E-state index >= 15 is 0 Å². The number of carboxylic acids is 1. The summed E-state index contributed by atoms with van der Waals surface area (Å²) in [5.41, 5.74) is 1.14. The first kappa shape index (κ1) is 13.7. The van der Waals surface area contributed by atoms with Crippen LogP contribution < -0.4 is 0 Å². The van der Waals surface area contributed by atoms with E-state index in [1.807, 2.05) is 25.9 Å². The number of nitrogens with zero attached hydrogens (tertiary/aromatic N) is 3. The molecule has 6 heteroatoms. The highest BCUT2D eigenvalue weighted by atomic mass is 16.4. The van der Waals surface area contributed by atoms with Crippen LogP contribution in [-0.4, -0.2) is 51.7 Å². The Morgan fingerprint density at radius 1 is 1.47 bits per heavy atom. The number of carbonyl (C=O) groups is 2. The number of ketones is 1. The maximum absolute atomic E-state index is 12.0. The van der Waals surface area contributed by atoms with Crippen molar-refractivity contribution in [1.82, 2.24) is 14.7 Å². The number of rotatable bonds is 4. The van der Waals surface area contributed by atoms with Crippen LogP contribution in [0.25, 0.3) is 0 Å². The lowest BCUT2D eigenvalue weighted by molar-refractivity contribution is 0.0688. The van der Waals surface area contributed by atoms with E-state index in [1.54, 1.807) is 4.68 Å². The predicted molar refractivity (Wildman–Crippen MR) is 69.6 cm³/mol. The molecule has 1 aliphatic carbocycles. The van der Waals surface area contributed by atoms with Crippen molar-refractivity contribution in [3.05, 3.63) is 17.0 Å². The molecular weight excluding hydrogens is 246 g/mol. The van der Waals surface area contributed by atoms with Crippen LogP contribution in [0.3, 0.4) is 0 Å². The molecule has 0 saturated heterocycles. The van der Waals surface area contributed by atoms with E-state index < -0.39 is 5.97 Å². The Hall–Kier alpha value is -1.69. The summed E-state index contributed by atoms with van der Waals surface area (Å²) in [4.78, 5) is 25.3. The van der Waals surface area contributed by atoms with Crippen molar-refractivity contribution in [2.75, 3.05) is 14.1 Å². The normalized spacial score (nSPS) is 16.5. The molecule has 0 spiro atoms. The number of aromatic nitrogens is 2. The van der Waals surface area contributed by atoms with Gasteiger partial charge in [-0.25, -0.2) is 4.79 Å². The molecule has 0 bridgehead atoms. The molecule has 0 saturated carbocycles. The Balaban J connectivity index is 2.43. The molecule has 6 nitrogen and oxygen atoms in total. The molecule has 0 radical (unpaired) electrons. The molecule has 2 rings (SSSR count). The first-order valence-electron chi connectivity index (χ1n) is 6.44. The quantitative estimate of drug-likeness (QED) is 0.880. The van der Waals surface area contributed by atoms with Gasteiger partial charge >= 0.3 is 5.97 Å². The van der Waals surface area contributed by atoms with Crippen molar-refractivity contribution in [2.24, 2.45) is 0 Å². The van der Waals surface area contributed by atoms with Crippen LogP contribution >= 0.6 is 0 Å². The van der Waals surface area contributed by atoms with E-state index in [2.05, 4.69) is 5.10 Å². The largest absolute Gasteiger partial charge is 0.476 e. The summed E-state index contributed by atoms with van der Waals surface area (Å²) < 4.78 is 1.57. The second-order valence-electron chi connectivity index (χ2n) is 5.25. The van der Waals surface area contributed by atoms with Gasteiger partial charge in [-0.15, -0.1) is 0 Å². The monoisotopic (exact) mass is 265 g/mol. The molecule has 1 unspecified atom stereocenters. The SMILES string of the molecule is CC(Cn1nc(C(=O)O)c2c1C(=O)CCC2)N(C)C. The number of hydrogen-bond donors (Lipinski definition) is 1. The van der Waals surface area contributed by atoms with Gasteiger partial charge in [-0.2, -0.15) is 5.10 Å². The second kappa shape index (κ2) is 5.13. The zero-order valence-corrected chi connectivity index (χ0v) is 11.5. The van der Waals surface area contributed by atoms with E-state index in [0.717, 1.165) is 0 Å². The summed E-state index contributed by atoms with van der Waals surface area (Å²) in [5.74, 6) is -1.05. The molecule has 19 heavy (non-hydrogen) atoms. The van der Waals surface area contributed by atoms with Gasteiger partial charge in [0, 0.05) is 18.0 Å². The van der Waals surface area contributed by atoms with E-state index in [0.29, 0.717) is 37.1 Å². The van der Waals surface area contributed by atoms with Crippen molar-refractivity contribution < 1.29 is 14.7 Å². The lowest BCUT2D eigenvalue weighted by atomic mass is 9.94. The van der Waals surface area contributed by atoms with Gasteiger partial charge in [-0.3, -0.25) is 9.48 Å². The van der Waals surface area contributed by atoms with Crippen LogP contribution in [0.15, 0.2) is 0 Å². The highest BCUT2D eigenvalue weighted by molar-refractivity contribution is 6.00. The summed E-state index contributed by atoms with van der Waals surface area (Å²) in [5, 5.41) is 13.3. The van der Waals surface area contributed by atoms with Gasteiger partial charge in [0.05, 0.1) is 6.54 Å². The molecule has 104 valence electrons. The Labute approximate surface area is 112 Å². The first-order valence-corrected chi connectivity index (χ1v) is 6.44. The maximum Gasteiger partial charge on any atom is 0.356 e. The van der Waals surface area contributed by atoms with Crippen LogP contribution in [0.4, 0.5) is 0 Å². The van der Waals surface area contributed by atoms with Gasteiger partial charge in [0.2, 0.25) is 0 Å². The molecule has 0 aromatic carbocycles. The zero-order valence-electron chi connectivity index (χ0n) is 11.5. The lowest BCUT2D eigenvalue weighted by Gasteiger charge is -2.21. The molecule has 1 aliphatic rings. The fourth-order valence-corrected chi connectivity index (χ4v) is 2.31. The summed E-state index contributed by atoms with van der Waals surface area (Å²) >= 11 is 0. The third-order valence-electron chi connectivity index (χ3n) is 3.67. The Bertz CT molecular complexity index is 519. The van der Waals surface area contributed by atoms with Crippen LogP contribution in [0.5, 0.6) is 0 Å². The number of likely N-dealkylation sites (N-methyl/N-ethyl adjacent to an activating group) is 1. The van der Waals surface area contributed by atoms with Gasteiger partial charge < -0.3 is 10.0 Å². The van der Waals surface area contributed by atoms with Gasteiger partial charge in [-0.1, -0.05) is 0 Å². The highest BCUT2D eigenvalue weighted by Gasteiger charge is 2.30. The molecule has 1 atom stereocenters. The molecule has 1 aromatic rings. The van der Waals surface area contributed by atoms with Crippen molar-refractivity contribution in [2.45, 2.75) is 38.8 Å². The lowest BCUT2D eigenvalue weighted by Crippen LogP contribution is -2.31. The smallest absolute Gasteiger partial charge is 0.356 e. The summed E-state index contributed by atoms with van der Waals surface area (Å²) in [7, 11) is 3.89. The minimum absolute atomic E-state index is 0.00667. The number of Topliss-reactive ketones (excluding diaryl/α,β-unsaturated/α-hetero) is 1. The van der Waals surface area contributed by atoms with E-state index in [1.165, 1.54) is 0 Å². The van der Waals surface area contributed by atoms with Crippen molar-refractivity contribution in [3.63, 3.8) is 0 Å². The van der Waals surface area contributed by atoms with Gasteiger partial charge in [0.1, 0.15) is 5.69 Å². The number of carbonyl (C=O) groups excluding carboxylic acids is 1. The van der Waals surface area contributed by atoms with Gasteiger partial charge in [0.25, 0.3) is 0 Å². The number of hydrogen-bond acceptors (Lipinski definition) is 4. The van der Waals surface area contributed by atoms with Crippen molar-refractivity contribution in [3.8, 4) is 0 Å². The summed E-state index contributed by atoms with van der Waals surface area (Å²) in [6.07, 6.45) is 1.81. The topological polar surface area (TPSA) is 75.4 Å². The molecule has 1 N–H and O–H groups in total. The van der Waals surface area contributed by atoms with Crippen LogP contribution in [0, 0.1) is 0 Å². The Morgan fingerprint density at radius 2 is 2.16 bits per heavy atom. The third-order valence-corrected chi connectivity index (χ3v) is 3.67. The first-order chi connectivity index (χ1) is 8.91. The molecular formula is C13H19N3O3. The summed E-state index contributed by atoms with van der Waals surface area (Å²) in [6, 6.07) is 0.181. The fourth-order valence-electron chi connectivity index (χ4n) is 2.31. The van der Waals surface area contributed by atoms with Gasteiger partial charge in [-0.05, 0) is 33.9 Å². The van der Waals surface area contributed by atoms with Crippen LogP contribution in [0.2, 0.25) is 0 Å². The molecule has 1 aromatic heterocycles. The standard InChI is InChI=1S/C13H19N3O3/c1-8(15(2)3)7-16-12-9(5-4-6-10(12)17)11(14-16)13(18)19/h8H,4-7H2,1-3H3,(H,18,19). The molecule has 0 fully saturated rings. The molecule has 0 aliphatic heterocycles. The van der Waals surface area contributed by atoms with Crippen LogP contribution in [-0.2, 0) is 13.0 Å². The Kier molecular flexibility index (Phi) is 3.71. The minimum Gasteiger partial charge on any atom is -0.476 e. The average Bonchev–Trinajstić information content (AvgIpc) is 2.69. The maximum atomic E-state index is 12.0. The molecule has 0 amide bonds. The highest BCUT2D eigenvalue weighted by Crippen LogP contribution is 2.25. The fraction of sp³-hybridized carbons (Fsp3) is 0.615. The Morgan fingerprint density at radius 3 is 2.74 bits per heavy atom. The van der Waals surface area contributed by atoms with E-state index in [-0.39, 0.29) is 17.5 Å². The summed E-state index contributed by atoms with van der Waals surface area (Å²) in [6.45, 7) is 2.54. The van der Waals surface area contributed by atoms with Crippen molar-refractivity contribution in [1.29, 1.82) is 0 Å². The number of aromatic carboxylic acids is 1.